The summed E-state index contributed by atoms with van der Waals surface area (Å²) in [6, 6.07) is 11.0. The lowest BCUT2D eigenvalue weighted by Gasteiger charge is -2.31. The van der Waals surface area contributed by atoms with Crippen molar-refractivity contribution in [2.24, 2.45) is 0 Å². The number of para-hydroxylation sites is 1. The molecule has 1 saturated heterocycles. The van der Waals surface area contributed by atoms with E-state index in [4.69, 9.17) is 16.1 Å². The fourth-order valence-corrected chi connectivity index (χ4v) is 3.86. The maximum Gasteiger partial charge on any atom is 0.321 e. The summed E-state index contributed by atoms with van der Waals surface area (Å²) in [6.07, 6.45) is 1.80. The zero-order valence-electron chi connectivity index (χ0n) is 13.9. The number of aromatic nitrogens is 2. The molecule has 1 aromatic carbocycles. The fraction of sp³-hybridized carbons (Fsp3) is 0.278. The lowest BCUT2D eigenvalue weighted by atomic mass is 9.98. The summed E-state index contributed by atoms with van der Waals surface area (Å²) in [6.45, 7) is 1.24. The molecule has 0 bridgehead atoms. The van der Waals surface area contributed by atoms with Crippen LogP contribution in [0.5, 0.6) is 0 Å². The van der Waals surface area contributed by atoms with E-state index in [1.807, 2.05) is 29.6 Å². The summed E-state index contributed by atoms with van der Waals surface area (Å²) in [4.78, 5) is 19.8. The molecule has 4 rings (SSSR count). The van der Waals surface area contributed by atoms with Gasteiger partial charge in [-0.05, 0) is 36.4 Å². The molecular formula is C18H17ClN4O2S. The van der Waals surface area contributed by atoms with Gasteiger partial charge >= 0.3 is 6.03 Å². The number of nitrogens with zero attached hydrogens (tertiary/aromatic N) is 3. The molecular weight excluding hydrogens is 372 g/mol. The molecule has 26 heavy (non-hydrogen) atoms. The number of thiophene rings is 1. The standard InChI is InChI=1S/C18H17ClN4O2S/c19-13-6-1-2-7-14(13)20-18(24)23-9-3-5-12(11-23)17-21-16(22-25-17)15-8-4-10-26-15/h1-2,4,6-8,10,12H,3,5,9,11H2,(H,20,24). The lowest BCUT2D eigenvalue weighted by molar-refractivity contribution is 0.184. The van der Waals surface area contributed by atoms with Gasteiger partial charge in [0, 0.05) is 13.1 Å². The van der Waals surface area contributed by atoms with Crippen LogP contribution in [0.2, 0.25) is 5.02 Å². The Hall–Kier alpha value is -2.38. The van der Waals surface area contributed by atoms with E-state index in [0.717, 1.165) is 17.7 Å². The first-order valence-corrected chi connectivity index (χ1v) is 9.64. The molecule has 0 aliphatic carbocycles. The Morgan fingerprint density at radius 1 is 1.31 bits per heavy atom. The maximum atomic E-state index is 12.6. The van der Waals surface area contributed by atoms with Crippen molar-refractivity contribution >= 4 is 34.7 Å². The second-order valence-electron chi connectivity index (χ2n) is 6.13. The van der Waals surface area contributed by atoms with Crippen molar-refractivity contribution in [3.63, 3.8) is 0 Å². The largest absolute Gasteiger partial charge is 0.339 e. The van der Waals surface area contributed by atoms with Crippen LogP contribution in [0.1, 0.15) is 24.7 Å². The first-order valence-electron chi connectivity index (χ1n) is 8.38. The number of carbonyl (C=O) groups excluding carboxylic acids is 1. The van der Waals surface area contributed by atoms with Gasteiger partial charge in [-0.15, -0.1) is 11.3 Å². The van der Waals surface area contributed by atoms with E-state index >= 15 is 0 Å². The van der Waals surface area contributed by atoms with E-state index in [1.54, 1.807) is 28.4 Å². The van der Waals surface area contributed by atoms with Crippen LogP contribution < -0.4 is 5.32 Å². The molecule has 134 valence electrons. The van der Waals surface area contributed by atoms with Gasteiger partial charge in [-0.2, -0.15) is 4.98 Å². The molecule has 1 N–H and O–H groups in total. The van der Waals surface area contributed by atoms with Gasteiger partial charge in [-0.1, -0.05) is 35.0 Å². The monoisotopic (exact) mass is 388 g/mol. The first kappa shape index (κ1) is 17.1. The predicted molar refractivity (Wildman–Crippen MR) is 102 cm³/mol. The number of anilines is 1. The number of hydrogen-bond donors (Lipinski definition) is 1. The second-order valence-corrected chi connectivity index (χ2v) is 7.48. The van der Waals surface area contributed by atoms with Gasteiger partial charge in [0.25, 0.3) is 0 Å². The molecule has 0 saturated carbocycles. The summed E-state index contributed by atoms with van der Waals surface area (Å²) in [7, 11) is 0. The third-order valence-electron chi connectivity index (χ3n) is 4.36. The number of nitrogens with one attached hydrogen (secondary N) is 1. The number of piperidine rings is 1. The molecule has 3 aromatic rings. The van der Waals surface area contributed by atoms with Gasteiger partial charge in [-0.25, -0.2) is 4.79 Å². The van der Waals surface area contributed by atoms with Crippen LogP contribution in [0.25, 0.3) is 10.7 Å². The molecule has 2 amide bonds. The summed E-state index contributed by atoms with van der Waals surface area (Å²) in [5, 5.41) is 9.44. The fourth-order valence-electron chi connectivity index (χ4n) is 3.03. The quantitative estimate of drug-likeness (QED) is 0.695. The highest BCUT2D eigenvalue weighted by molar-refractivity contribution is 7.13. The SMILES string of the molecule is O=C(Nc1ccccc1Cl)N1CCCC(c2nc(-c3cccs3)no2)C1. The van der Waals surface area contributed by atoms with Crippen molar-refractivity contribution in [3.05, 3.63) is 52.7 Å². The second kappa shape index (κ2) is 7.47. The third kappa shape index (κ3) is 3.59. The van der Waals surface area contributed by atoms with Gasteiger partial charge in [-0.3, -0.25) is 0 Å². The molecule has 1 atom stereocenters. The van der Waals surface area contributed by atoms with E-state index < -0.39 is 0 Å². The molecule has 1 aliphatic heterocycles. The highest BCUT2D eigenvalue weighted by atomic mass is 35.5. The smallest absolute Gasteiger partial charge is 0.321 e. The highest BCUT2D eigenvalue weighted by Crippen LogP contribution is 2.29. The Labute approximate surface area is 159 Å². The molecule has 1 unspecified atom stereocenters. The van der Waals surface area contributed by atoms with Gasteiger partial charge in [0.15, 0.2) is 0 Å². The predicted octanol–water partition coefficient (Wildman–Crippen LogP) is 4.86. The Balaban J connectivity index is 1.44. The van der Waals surface area contributed by atoms with Gasteiger partial charge in [0.1, 0.15) is 0 Å². The minimum Gasteiger partial charge on any atom is -0.339 e. The number of urea groups is 1. The van der Waals surface area contributed by atoms with Crippen LogP contribution in [0, 0.1) is 0 Å². The number of amides is 2. The Morgan fingerprint density at radius 2 is 2.19 bits per heavy atom. The van der Waals surface area contributed by atoms with Crippen LogP contribution in [0.4, 0.5) is 10.5 Å². The van der Waals surface area contributed by atoms with Crippen molar-refractivity contribution in [1.29, 1.82) is 0 Å². The zero-order chi connectivity index (χ0) is 17.9. The molecule has 2 aromatic heterocycles. The lowest BCUT2D eigenvalue weighted by Crippen LogP contribution is -2.41. The van der Waals surface area contributed by atoms with Gasteiger partial charge < -0.3 is 14.7 Å². The van der Waals surface area contributed by atoms with Crippen LogP contribution in [-0.4, -0.2) is 34.2 Å². The molecule has 0 radical (unpaired) electrons. The Kier molecular flexibility index (Phi) is 4.90. The minimum atomic E-state index is -0.166. The molecule has 1 fully saturated rings. The van der Waals surface area contributed by atoms with Gasteiger partial charge in [0.2, 0.25) is 11.7 Å². The van der Waals surface area contributed by atoms with Crippen LogP contribution >= 0.6 is 22.9 Å². The normalized spacial score (nSPS) is 17.3. The van der Waals surface area contributed by atoms with E-state index in [1.165, 1.54) is 0 Å². The number of halogens is 1. The Morgan fingerprint density at radius 3 is 3.00 bits per heavy atom. The molecule has 0 spiro atoms. The number of carbonyl (C=O) groups is 1. The highest BCUT2D eigenvalue weighted by Gasteiger charge is 2.29. The maximum absolute atomic E-state index is 12.6. The van der Waals surface area contributed by atoms with Crippen LogP contribution in [-0.2, 0) is 0 Å². The van der Waals surface area contributed by atoms with E-state index in [2.05, 4.69) is 15.5 Å². The zero-order valence-corrected chi connectivity index (χ0v) is 15.5. The van der Waals surface area contributed by atoms with Crippen LogP contribution in [0.3, 0.4) is 0 Å². The van der Waals surface area contributed by atoms with Gasteiger partial charge in [0.05, 0.1) is 21.5 Å². The summed E-state index contributed by atoms with van der Waals surface area (Å²) in [5.74, 6) is 1.23. The minimum absolute atomic E-state index is 0.0435. The molecule has 8 heteroatoms. The average molecular weight is 389 g/mol. The summed E-state index contributed by atoms with van der Waals surface area (Å²) >= 11 is 7.69. The van der Waals surface area contributed by atoms with E-state index in [0.29, 0.717) is 35.5 Å². The van der Waals surface area contributed by atoms with Crippen molar-refractivity contribution in [3.8, 4) is 10.7 Å². The van der Waals surface area contributed by atoms with Crippen molar-refractivity contribution in [2.75, 3.05) is 18.4 Å². The summed E-state index contributed by atoms with van der Waals surface area (Å²) < 4.78 is 5.46. The number of rotatable bonds is 3. The average Bonchev–Trinajstić information content (AvgIpc) is 3.35. The number of benzene rings is 1. The van der Waals surface area contributed by atoms with Crippen molar-refractivity contribution in [1.82, 2.24) is 15.0 Å². The summed E-state index contributed by atoms with van der Waals surface area (Å²) in [5.41, 5.74) is 0.610. The molecule has 3 heterocycles. The third-order valence-corrected chi connectivity index (χ3v) is 5.55. The molecule has 1 aliphatic rings. The van der Waals surface area contributed by atoms with E-state index in [-0.39, 0.29) is 11.9 Å². The number of hydrogen-bond acceptors (Lipinski definition) is 5. The van der Waals surface area contributed by atoms with Crippen LogP contribution in [0.15, 0.2) is 46.3 Å². The first-order chi connectivity index (χ1) is 12.7. The van der Waals surface area contributed by atoms with Crippen molar-refractivity contribution in [2.45, 2.75) is 18.8 Å². The Bertz CT molecular complexity index is 896. The van der Waals surface area contributed by atoms with Crippen molar-refractivity contribution < 1.29 is 9.32 Å². The number of likely N-dealkylation sites (tertiary alicyclic amines) is 1. The van der Waals surface area contributed by atoms with E-state index in [9.17, 15) is 4.79 Å². The molecule has 6 nitrogen and oxygen atoms in total. The topological polar surface area (TPSA) is 71.3 Å².